The highest BCUT2D eigenvalue weighted by molar-refractivity contribution is 7.12. The lowest BCUT2D eigenvalue weighted by Gasteiger charge is -2.34. The van der Waals surface area contributed by atoms with Crippen molar-refractivity contribution in [2.75, 3.05) is 45.8 Å². The smallest absolute Gasteiger partial charge is 0.263 e. The van der Waals surface area contributed by atoms with Crippen LogP contribution in [0.15, 0.2) is 41.8 Å². The van der Waals surface area contributed by atoms with Crippen LogP contribution in [0.4, 0.5) is 0 Å². The molecular formula is C25H34N4O2S. The third kappa shape index (κ3) is 5.97. The van der Waals surface area contributed by atoms with Gasteiger partial charge < -0.3 is 15.1 Å². The molecule has 2 saturated heterocycles. The first-order valence-electron chi connectivity index (χ1n) is 11.8. The van der Waals surface area contributed by atoms with Crippen LogP contribution >= 0.6 is 11.3 Å². The van der Waals surface area contributed by atoms with Crippen molar-refractivity contribution in [3.8, 4) is 0 Å². The summed E-state index contributed by atoms with van der Waals surface area (Å²) in [7, 11) is 0. The van der Waals surface area contributed by atoms with Crippen molar-refractivity contribution >= 4 is 23.2 Å². The maximum Gasteiger partial charge on any atom is 0.263 e. The summed E-state index contributed by atoms with van der Waals surface area (Å²) >= 11 is 1.47. The van der Waals surface area contributed by atoms with Gasteiger partial charge in [0.25, 0.3) is 5.91 Å². The van der Waals surface area contributed by atoms with Gasteiger partial charge >= 0.3 is 0 Å². The molecule has 0 aliphatic carbocycles. The number of amides is 2. The Kier molecular flexibility index (Phi) is 7.95. The Morgan fingerprint density at radius 1 is 0.938 bits per heavy atom. The molecule has 4 rings (SSSR count). The zero-order valence-electron chi connectivity index (χ0n) is 19.0. The fraction of sp³-hybridized carbons (Fsp3) is 0.520. The Balaban J connectivity index is 1.18. The fourth-order valence-corrected chi connectivity index (χ4v) is 5.21. The van der Waals surface area contributed by atoms with E-state index in [2.05, 4.69) is 46.3 Å². The maximum atomic E-state index is 12.6. The summed E-state index contributed by atoms with van der Waals surface area (Å²) in [6.07, 6.45) is 1.46. The number of nitrogens with one attached hydrogen (secondary N) is 1. The van der Waals surface area contributed by atoms with Gasteiger partial charge in [-0.1, -0.05) is 37.3 Å². The third-order valence-corrected chi connectivity index (χ3v) is 7.55. The number of thiophene rings is 1. The zero-order valence-corrected chi connectivity index (χ0v) is 19.8. The van der Waals surface area contributed by atoms with Crippen molar-refractivity contribution in [1.29, 1.82) is 0 Å². The quantitative estimate of drug-likeness (QED) is 0.699. The van der Waals surface area contributed by atoms with Crippen molar-refractivity contribution in [3.63, 3.8) is 0 Å². The molecule has 0 radical (unpaired) electrons. The number of likely N-dealkylation sites (N-methyl/N-ethyl adjacent to an activating group) is 1. The molecule has 0 atom stereocenters. The molecule has 2 fully saturated rings. The van der Waals surface area contributed by atoms with Gasteiger partial charge in [0.05, 0.1) is 4.88 Å². The minimum atomic E-state index is -0.0107. The van der Waals surface area contributed by atoms with Gasteiger partial charge in [-0.2, -0.15) is 0 Å². The molecule has 0 bridgehead atoms. The molecule has 0 spiro atoms. The second-order valence-corrected chi connectivity index (χ2v) is 9.74. The summed E-state index contributed by atoms with van der Waals surface area (Å²) in [5.41, 5.74) is 2.45. The number of carbonyl (C=O) groups is 2. The van der Waals surface area contributed by atoms with Gasteiger partial charge in [0.1, 0.15) is 0 Å². The van der Waals surface area contributed by atoms with Gasteiger partial charge in [-0.25, -0.2) is 0 Å². The van der Waals surface area contributed by atoms with E-state index >= 15 is 0 Å². The second-order valence-electron chi connectivity index (χ2n) is 8.79. The van der Waals surface area contributed by atoms with E-state index in [1.165, 1.54) is 16.9 Å². The first-order valence-corrected chi connectivity index (χ1v) is 12.6. The number of hydrogen-bond donors (Lipinski definition) is 1. The van der Waals surface area contributed by atoms with Gasteiger partial charge in [0.2, 0.25) is 5.91 Å². The van der Waals surface area contributed by atoms with Gasteiger partial charge in [0, 0.05) is 58.3 Å². The van der Waals surface area contributed by atoms with Crippen LogP contribution in [0.25, 0.3) is 0 Å². The van der Waals surface area contributed by atoms with Crippen LogP contribution in [-0.2, 0) is 17.9 Å². The molecule has 0 unspecified atom stereocenters. The van der Waals surface area contributed by atoms with Gasteiger partial charge in [-0.15, -0.1) is 11.3 Å². The predicted molar refractivity (Wildman–Crippen MR) is 129 cm³/mol. The van der Waals surface area contributed by atoms with E-state index in [1.54, 1.807) is 0 Å². The standard InChI is InChI=1S/C25H34N4O2S/c1-2-27-13-15-28(16-14-27)19-21-7-5-20(6-8-21)18-26-24(30)22-9-11-29(12-10-22)25(31)23-4-3-17-32-23/h3-8,17,22H,2,9-16,18-19H2,1H3,(H,26,30). The van der Waals surface area contributed by atoms with Crippen LogP contribution in [0.3, 0.4) is 0 Å². The molecule has 32 heavy (non-hydrogen) atoms. The molecule has 1 N–H and O–H groups in total. The number of piperazine rings is 1. The average Bonchev–Trinajstić information content (AvgIpc) is 3.39. The zero-order chi connectivity index (χ0) is 22.3. The monoisotopic (exact) mass is 454 g/mol. The minimum Gasteiger partial charge on any atom is -0.352 e. The van der Waals surface area contributed by atoms with Gasteiger partial charge in [-0.3, -0.25) is 14.5 Å². The van der Waals surface area contributed by atoms with E-state index in [9.17, 15) is 9.59 Å². The minimum absolute atomic E-state index is 0.0107. The van der Waals surface area contributed by atoms with E-state index in [-0.39, 0.29) is 17.7 Å². The van der Waals surface area contributed by atoms with Crippen LogP contribution < -0.4 is 5.32 Å². The summed E-state index contributed by atoms with van der Waals surface area (Å²) in [4.78, 5) is 32.7. The predicted octanol–water partition coefficient (Wildman–Crippen LogP) is 3.05. The molecule has 0 saturated carbocycles. The van der Waals surface area contributed by atoms with E-state index < -0.39 is 0 Å². The molecule has 2 aromatic rings. The molecule has 7 heteroatoms. The number of hydrogen-bond acceptors (Lipinski definition) is 5. The number of benzene rings is 1. The third-order valence-electron chi connectivity index (χ3n) is 6.69. The SMILES string of the molecule is CCN1CCN(Cc2ccc(CNC(=O)C3CCN(C(=O)c4cccs4)CC3)cc2)CC1. The molecule has 1 aromatic heterocycles. The highest BCUT2D eigenvalue weighted by atomic mass is 32.1. The largest absolute Gasteiger partial charge is 0.352 e. The van der Waals surface area contributed by atoms with Crippen molar-refractivity contribution in [2.45, 2.75) is 32.9 Å². The summed E-state index contributed by atoms with van der Waals surface area (Å²) in [6, 6.07) is 12.4. The molecule has 3 heterocycles. The molecule has 1 aromatic carbocycles. The highest BCUT2D eigenvalue weighted by Crippen LogP contribution is 2.21. The number of likely N-dealkylation sites (tertiary alicyclic amines) is 1. The molecule has 6 nitrogen and oxygen atoms in total. The van der Waals surface area contributed by atoms with Gasteiger partial charge in [0.15, 0.2) is 0 Å². The molecule has 2 amide bonds. The number of nitrogens with zero attached hydrogens (tertiary/aromatic N) is 3. The van der Waals surface area contributed by atoms with E-state index in [0.717, 1.165) is 62.6 Å². The Labute approximate surface area is 195 Å². The van der Waals surface area contributed by atoms with Crippen LogP contribution in [0.5, 0.6) is 0 Å². The lowest BCUT2D eigenvalue weighted by molar-refractivity contribution is -0.126. The van der Waals surface area contributed by atoms with E-state index in [4.69, 9.17) is 0 Å². The number of rotatable bonds is 7. The first-order chi connectivity index (χ1) is 15.6. The summed E-state index contributed by atoms with van der Waals surface area (Å²) in [6.45, 7) is 10.8. The maximum absolute atomic E-state index is 12.6. The topological polar surface area (TPSA) is 55.9 Å². The second kappa shape index (κ2) is 11.1. The summed E-state index contributed by atoms with van der Waals surface area (Å²) in [5.74, 6) is 0.181. The normalized spacial score (nSPS) is 18.6. The Morgan fingerprint density at radius 3 is 2.22 bits per heavy atom. The summed E-state index contributed by atoms with van der Waals surface area (Å²) in [5, 5.41) is 5.02. The average molecular weight is 455 g/mol. The fourth-order valence-electron chi connectivity index (χ4n) is 4.52. The van der Waals surface area contributed by atoms with Crippen LogP contribution in [0.2, 0.25) is 0 Å². The van der Waals surface area contributed by atoms with Gasteiger partial charge in [-0.05, 0) is 42.0 Å². The highest BCUT2D eigenvalue weighted by Gasteiger charge is 2.28. The Hall–Kier alpha value is -2.22. The number of carbonyl (C=O) groups excluding carboxylic acids is 2. The lowest BCUT2D eigenvalue weighted by Crippen LogP contribution is -2.45. The van der Waals surface area contributed by atoms with Crippen LogP contribution in [0.1, 0.15) is 40.6 Å². The Bertz CT molecular complexity index is 868. The van der Waals surface area contributed by atoms with Crippen molar-refractivity contribution in [1.82, 2.24) is 20.0 Å². The molecular weight excluding hydrogens is 420 g/mol. The number of piperidine rings is 1. The van der Waals surface area contributed by atoms with Crippen LogP contribution in [0, 0.1) is 5.92 Å². The molecule has 2 aliphatic rings. The van der Waals surface area contributed by atoms with E-state index in [1.807, 2.05) is 22.4 Å². The lowest BCUT2D eigenvalue weighted by atomic mass is 9.95. The van der Waals surface area contributed by atoms with Crippen LogP contribution in [-0.4, -0.2) is 72.3 Å². The molecule has 172 valence electrons. The molecule has 2 aliphatic heterocycles. The van der Waals surface area contributed by atoms with Crippen molar-refractivity contribution in [2.24, 2.45) is 5.92 Å². The summed E-state index contributed by atoms with van der Waals surface area (Å²) < 4.78 is 0. The van der Waals surface area contributed by atoms with Crippen molar-refractivity contribution in [3.05, 3.63) is 57.8 Å². The Morgan fingerprint density at radius 2 is 1.59 bits per heavy atom. The van der Waals surface area contributed by atoms with Crippen molar-refractivity contribution < 1.29 is 9.59 Å². The first kappa shape index (κ1) is 23.0. The van der Waals surface area contributed by atoms with E-state index in [0.29, 0.717) is 19.6 Å².